The third-order valence-electron chi connectivity index (χ3n) is 4.20. The standard InChI is InChI=1S/C16H22BrFN2/c17-14-6-13(7-15(18)8-14)11-20-5-1-2-12(10-20)9-19-16-3-4-16/h6-8,12,16,19H,1-5,9-11H2. The van der Waals surface area contributed by atoms with Gasteiger partial charge in [0.15, 0.2) is 0 Å². The molecule has 1 aromatic rings. The van der Waals surface area contributed by atoms with Gasteiger partial charge < -0.3 is 5.32 Å². The molecule has 0 aromatic heterocycles. The Morgan fingerprint density at radius 2 is 2.10 bits per heavy atom. The lowest BCUT2D eigenvalue weighted by Crippen LogP contribution is -2.39. The van der Waals surface area contributed by atoms with Crippen LogP contribution in [0, 0.1) is 11.7 Å². The average molecular weight is 341 g/mol. The highest BCUT2D eigenvalue weighted by Gasteiger charge is 2.24. The highest BCUT2D eigenvalue weighted by atomic mass is 79.9. The van der Waals surface area contributed by atoms with Crippen LogP contribution in [-0.2, 0) is 6.54 Å². The van der Waals surface area contributed by atoms with E-state index >= 15 is 0 Å². The molecule has 1 unspecified atom stereocenters. The number of hydrogen-bond donors (Lipinski definition) is 1. The van der Waals surface area contributed by atoms with Crippen molar-refractivity contribution < 1.29 is 4.39 Å². The first-order chi connectivity index (χ1) is 9.69. The van der Waals surface area contributed by atoms with Crippen LogP contribution in [0.2, 0.25) is 0 Å². The summed E-state index contributed by atoms with van der Waals surface area (Å²) in [4.78, 5) is 2.46. The van der Waals surface area contributed by atoms with E-state index in [0.717, 1.165) is 48.2 Å². The highest BCUT2D eigenvalue weighted by molar-refractivity contribution is 9.10. The van der Waals surface area contributed by atoms with E-state index in [-0.39, 0.29) is 5.82 Å². The van der Waals surface area contributed by atoms with Gasteiger partial charge in [-0.3, -0.25) is 4.90 Å². The van der Waals surface area contributed by atoms with E-state index < -0.39 is 0 Å². The molecule has 4 heteroatoms. The van der Waals surface area contributed by atoms with Gasteiger partial charge in [0, 0.05) is 23.6 Å². The van der Waals surface area contributed by atoms with Gasteiger partial charge >= 0.3 is 0 Å². The van der Waals surface area contributed by atoms with Gasteiger partial charge in [-0.2, -0.15) is 0 Å². The van der Waals surface area contributed by atoms with Crippen LogP contribution in [0.5, 0.6) is 0 Å². The van der Waals surface area contributed by atoms with Gasteiger partial charge in [-0.05, 0) is 68.5 Å². The molecule has 2 aliphatic rings. The lowest BCUT2D eigenvalue weighted by atomic mass is 9.97. The van der Waals surface area contributed by atoms with Gasteiger partial charge in [0.1, 0.15) is 5.82 Å². The van der Waals surface area contributed by atoms with E-state index in [1.807, 2.05) is 6.07 Å². The summed E-state index contributed by atoms with van der Waals surface area (Å²) in [6.07, 6.45) is 5.29. The van der Waals surface area contributed by atoms with E-state index in [1.165, 1.54) is 31.7 Å². The number of rotatable bonds is 5. The van der Waals surface area contributed by atoms with Crippen molar-refractivity contribution >= 4 is 15.9 Å². The Bertz CT molecular complexity index is 442. The van der Waals surface area contributed by atoms with Crippen LogP contribution >= 0.6 is 15.9 Å². The zero-order valence-corrected chi connectivity index (χ0v) is 13.3. The van der Waals surface area contributed by atoms with Crippen molar-refractivity contribution in [1.29, 1.82) is 0 Å². The van der Waals surface area contributed by atoms with Crippen LogP contribution in [0.1, 0.15) is 31.2 Å². The molecule has 110 valence electrons. The van der Waals surface area contributed by atoms with E-state index in [9.17, 15) is 4.39 Å². The minimum Gasteiger partial charge on any atom is -0.314 e. The van der Waals surface area contributed by atoms with Crippen molar-refractivity contribution in [2.45, 2.75) is 38.3 Å². The summed E-state index contributed by atoms with van der Waals surface area (Å²) in [6, 6.07) is 5.98. The second-order valence-electron chi connectivity index (χ2n) is 6.20. The maximum absolute atomic E-state index is 13.4. The fourth-order valence-electron chi connectivity index (χ4n) is 3.04. The van der Waals surface area contributed by atoms with Gasteiger partial charge in [-0.25, -0.2) is 4.39 Å². The van der Waals surface area contributed by atoms with Crippen LogP contribution < -0.4 is 5.32 Å². The number of nitrogens with one attached hydrogen (secondary N) is 1. The number of piperidine rings is 1. The molecular weight excluding hydrogens is 319 g/mol. The summed E-state index contributed by atoms with van der Waals surface area (Å²) in [5.41, 5.74) is 1.06. The van der Waals surface area contributed by atoms with Gasteiger partial charge in [0.25, 0.3) is 0 Å². The van der Waals surface area contributed by atoms with Crippen LogP contribution in [0.25, 0.3) is 0 Å². The molecular formula is C16H22BrFN2. The predicted molar refractivity (Wildman–Crippen MR) is 83.1 cm³/mol. The first-order valence-corrected chi connectivity index (χ1v) is 8.39. The van der Waals surface area contributed by atoms with E-state index in [1.54, 1.807) is 6.07 Å². The summed E-state index contributed by atoms with van der Waals surface area (Å²) in [7, 11) is 0. The van der Waals surface area contributed by atoms with Crippen LogP contribution in [0.4, 0.5) is 4.39 Å². The molecule has 2 fully saturated rings. The first kappa shape index (κ1) is 14.5. The summed E-state index contributed by atoms with van der Waals surface area (Å²) >= 11 is 3.37. The van der Waals surface area contributed by atoms with Crippen molar-refractivity contribution in [3.05, 3.63) is 34.1 Å². The SMILES string of the molecule is Fc1cc(Br)cc(CN2CCCC(CNC3CC3)C2)c1. The number of likely N-dealkylation sites (tertiary alicyclic amines) is 1. The molecule has 1 aliphatic heterocycles. The molecule has 1 heterocycles. The number of benzene rings is 1. The lowest BCUT2D eigenvalue weighted by Gasteiger charge is -2.33. The van der Waals surface area contributed by atoms with E-state index in [2.05, 4.69) is 26.1 Å². The number of hydrogen-bond acceptors (Lipinski definition) is 2. The first-order valence-electron chi connectivity index (χ1n) is 7.60. The molecule has 3 rings (SSSR count). The molecule has 0 radical (unpaired) electrons. The zero-order valence-electron chi connectivity index (χ0n) is 11.7. The normalized spacial score (nSPS) is 24.0. The molecule has 1 saturated carbocycles. The molecule has 0 bridgehead atoms. The molecule has 20 heavy (non-hydrogen) atoms. The van der Waals surface area contributed by atoms with Crippen molar-refractivity contribution in [2.75, 3.05) is 19.6 Å². The fourth-order valence-corrected chi connectivity index (χ4v) is 3.56. The van der Waals surface area contributed by atoms with Gasteiger partial charge in [0.2, 0.25) is 0 Å². The molecule has 0 spiro atoms. The summed E-state index contributed by atoms with van der Waals surface area (Å²) in [5.74, 6) is 0.597. The Labute approximate surface area is 128 Å². The molecule has 0 amide bonds. The fraction of sp³-hybridized carbons (Fsp3) is 0.625. The average Bonchev–Trinajstić information content (AvgIpc) is 3.19. The molecule has 2 nitrogen and oxygen atoms in total. The number of nitrogens with zero attached hydrogens (tertiary/aromatic N) is 1. The number of halogens is 2. The summed E-state index contributed by atoms with van der Waals surface area (Å²) in [5, 5.41) is 3.63. The smallest absolute Gasteiger partial charge is 0.124 e. The predicted octanol–water partition coefficient (Wildman–Crippen LogP) is 3.55. The van der Waals surface area contributed by atoms with Gasteiger partial charge in [-0.15, -0.1) is 0 Å². The minimum absolute atomic E-state index is 0.154. The molecule has 1 N–H and O–H groups in total. The molecule has 1 saturated heterocycles. The van der Waals surface area contributed by atoms with Crippen LogP contribution in [0.15, 0.2) is 22.7 Å². The highest BCUT2D eigenvalue weighted by Crippen LogP contribution is 2.23. The molecule has 1 atom stereocenters. The van der Waals surface area contributed by atoms with E-state index in [0.29, 0.717) is 0 Å². The van der Waals surface area contributed by atoms with Gasteiger partial charge in [0.05, 0.1) is 0 Å². The zero-order chi connectivity index (χ0) is 13.9. The quantitative estimate of drug-likeness (QED) is 0.881. The second kappa shape index (κ2) is 6.54. The Morgan fingerprint density at radius 1 is 1.25 bits per heavy atom. The maximum Gasteiger partial charge on any atom is 0.124 e. The topological polar surface area (TPSA) is 15.3 Å². The Balaban J connectivity index is 1.53. The van der Waals surface area contributed by atoms with Crippen molar-refractivity contribution in [1.82, 2.24) is 10.2 Å². The van der Waals surface area contributed by atoms with Crippen molar-refractivity contribution in [3.8, 4) is 0 Å². The monoisotopic (exact) mass is 340 g/mol. The minimum atomic E-state index is -0.154. The van der Waals surface area contributed by atoms with Crippen LogP contribution in [0.3, 0.4) is 0 Å². The lowest BCUT2D eigenvalue weighted by molar-refractivity contribution is 0.165. The van der Waals surface area contributed by atoms with E-state index in [4.69, 9.17) is 0 Å². The molecule has 1 aliphatic carbocycles. The maximum atomic E-state index is 13.4. The van der Waals surface area contributed by atoms with Crippen LogP contribution in [-0.4, -0.2) is 30.6 Å². The van der Waals surface area contributed by atoms with Gasteiger partial charge in [-0.1, -0.05) is 15.9 Å². The Hall–Kier alpha value is -0.450. The second-order valence-corrected chi connectivity index (χ2v) is 7.12. The molecule has 1 aromatic carbocycles. The Morgan fingerprint density at radius 3 is 2.85 bits per heavy atom. The third-order valence-corrected chi connectivity index (χ3v) is 4.66. The summed E-state index contributed by atoms with van der Waals surface area (Å²) in [6.45, 7) is 4.27. The van der Waals surface area contributed by atoms with Crippen molar-refractivity contribution in [2.24, 2.45) is 5.92 Å². The summed E-state index contributed by atoms with van der Waals surface area (Å²) < 4.78 is 14.2. The van der Waals surface area contributed by atoms with Crippen molar-refractivity contribution in [3.63, 3.8) is 0 Å². The Kier molecular flexibility index (Phi) is 4.74. The largest absolute Gasteiger partial charge is 0.314 e. The third kappa shape index (κ3) is 4.27.